The van der Waals surface area contributed by atoms with Crippen molar-refractivity contribution >= 4 is 21.5 Å². The number of nitrogens with zero attached hydrogens (tertiary/aromatic N) is 1. The summed E-state index contributed by atoms with van der Waals surface area (Å²) in [6.07, 6.45) is 0. The lowest BCUT2D eigenvalue weighted by Crippen LogP contribution is -2.25. The lowest BCUT2D eigenvalue weighted by atomic mass is 10.1. The number of benzene rings is 2. The summed E-state index contributed by atoms with van der Waals surface area (Å²) in [5.41, 5.74) is 5.20. The molecule has 0 unspecified atom stereocenters. The molecule has 0 atom stereocenters. The van der Waals surface area contributed by atoms with E-state index in [1.54, 1.807) is 0 Å². The Labute approximate surface area is 132 Å². The first kappa shape index (κ1) is 16.5. The molecule has 0 fully saturated rings. The van der Waals surface area contributed by atoms with E-state index in [1.807, 2.05) is 62.1 Å². The maximum Gasteiger partial charge on any atom is 0.266 e. The Morgan fingerprint density at radius 3 is 2.09 bits per heavy atom. The Bertz CT molecular complexity index is 752. The number of rotatable bonds is 5. The van der Waals surface area contributed by atoms with Gasteiger partial charge in [0.2, 0.25) is 0 Å². The highest BCUT2D eigenvalue weighted by atomic mass is 32.2. The minimum atomic E-state index is -4.01. The average Bonchev–Trinajstić information content (AvgIpc) is 2.41. The number of anilines is 2. The molecule has 0 amide bonds. The van der Waals surface area contributed by atoms with Crippen LogP contribution in [-0.2, 0) is 10.1 Å². The predicted octanol–water partition coefficient (Wildman–Crippen LogP) is 3.64. The van der Waals surface area contributed by atoms with Crippen molar-refractivity contribution in [3.05, 3.63) is 59.2 Å². The standard InChI is InChI=1S/C17H21NO3S/c1-13-4-7-16(8-5-13)18(10-11-22(19,20)21)17-9-6-14(2)12-15(17)3/h4-9,12H,10-11H2,1-3H3,(H,19,20,21). The van der Waals surface area contributed by atoms with Crippen molar-refractivity contribution in [2.75, 3.05) is 17.2 Å². The van der Waals surface area contributed by atoms with Gasteiger partial charge in [0.05, 0.1) is 5.75 Å². The largest absolute Gasteiger partial charge is 0.340 e. The van der Waals surface area contributed by atoms with E-state index in [0.29, 0.717) is 0 Å². The van der Waals surface area contributed by atoms with Crippen molar-refractivity contribution < 1.29 is 13.0 Å². The second-order valence-corrected chi connectivity index (χ2v) is 7.14. The molecule has 2 aromatic carbocycles. The summed E-state index contributed by atoms with van der Waals surface area (Å²) < 4.78 is 31.3. The van der Waals surface area contributed by atoms with Crippen LogP contribution in [0, 0.1) is 20.8 Å². The molecule has 0 bridgehead atoms. The SMILES string of the molecule is Cc1ccc(N(CCS(=O)(=O)O)c2ccc(C)cc2C)cc1. The van der Waals surface area contributed by atoms with Crippen molar-refractivity contribution in [3.63, 3.8) is 0 Å². The molecule has 22 heavy (non-hydrogen) atoms. The Balaban J connectivity index is 2.42. The molecule has 0 spiro atoms. The van der Waals surface area contributed by atoms with Gasteiger partial charge in [-0.2, -0.15) is 8.42 Å². The zero-order chi connectivity index (χ0) is 16.3. The van der Waals surface area contributed by atoms with Crippen LogP contribution in [0.4, 0.5) is 11.4 Å². The third-order valence-electron chi connectivity index (χ3n) is 3.56. The van der Waals surface area contributed by atoms with Crippen molar-refractivity contribution in [1.82, 2.24) is 0 Å². The molecular weight excluding hydrogens is 298 g/mol. The number of aryl methyl sites for hydroxylation is 3. The van der Waals surface area contributed by atoms with Crippen molar-refractivity contribution in [2.45, 2.75) is 20.8 Å². The summed E-state index contributed by atoms with van der Waals surface area (Å²) in [4.78, 5) is 1.92. The van der Waals surface area contributed by atoms with Gasteiger partial charge in [0.25, 0.3) is 10.1 Å². The van der Waals surface area contributed by atoms with Crippen LogP contribution in [-0.4, -0.2) is 25.3 Å². The zero-order valence-electron chi connectivity index (χ0n) is 13.1. The molecule has 0 saturated carbocycles. The van der Waals surface area contributed by atoms with Crippen LogP contribution in [0.25, 0.3) is 0 Å². The normalized spacial score (nSPS) is 11.5. The summed E-state index contributed by atoms with van der Waals surface area (Å²) in [7, 11) is -4.01. The summed E-state index contributed by atoms with van der Waals surface area (Å²) in [5.74, 6) is -0.311. The van der Waals surface area contributed by atoms with Crippen LogP contribution in [0.5, 0.6) is 0 Å². The van der Waals surface area contributed by atoms with Crippen molar-refractivity contribution in [1.29, 1.82) is 0 Å². The molecule has 0 radical (unpaired) electrons. The minimum absolute atomic E-state index is 0.200. The van der Waals surface area contributed by atoms with Crippen LogP contribution in [0.2, 0.25) is 0 Å². The van der Waals surface area contributed by atoms with E-state index in [2.05, 4.69) is 6.07 Å². The summed E-state index contributed by atoms with van der Waals surface area (Å²) in [5, 5.41) is 0. The topological polar surface area (TPSA) is 57.6 Å². The highest BCUT2D eigenvalue weighted by Gasteiger charge is 2.15. The summed E-state index contributed by atoms with van der Waals surface area (Å²) in [6, 6.07) is 13.9. The molecular formula is C17H21NO3S. The van der Waals surface area contributed by atoms with Crippen LogP contribution >= 0.6 is 0 Å². The third kappa shape index (κ3) is 4.32. The first-order valence-corrected chi connectivity index (χ1v) is 8.74. The molecule has 0 aromatic heterocycles. The van der Waals surface area contributed by atoms with E-state index in [9.17, 15) is 8.42 Å². The van der Waals surface area contributed by atoms with Crippen LogP contribution < -0.4 is 4.90 Å². The van der Waals surface area contributed by atoms with Gasteiger partial charge in [-0.1, -0.05) is 35.4 Å². The van der Waals surface area contributed by atoms with Crippen LogP contribution in [0.3, 0.4) is 0 Å². The fourth-order valence-corrected chi connectivity index (χ4v) is 2.84. The second-order valence-electron chi connectivity index (χ2n) is 5.56. The Kier molecular flexibility index (Phi) is 4.88. The van der Waals surface area contributed by atoms with E-state index in [0.717, 1.165) is 28.1 Å². The van der Waals surface area contributed by atoms with E-state index < -0.39 is 10.1 Å². The second kappa shape index (κ2) is 6.50. The fourth-order valence-electron chi connectivity index (χ4n) is 2.43. The molecule has 0 aliphatic heterocycles. The predicted molar refractivity (Wildman–Crippen MR) is 90.5 cm³/mol. The molecule has 118 valence electrons. The van der Waals surface area contributed by atoms with E-state index in [4.69, 9.17) is 4.55 Å². The van der Waals surface area contributed by atoms with Gasteiger partial charge in [-0.3, -0.25) is 4.55 Å². The monoisotopic (exact) mass is 319 g/mol. The molecule has 0 aliphatic rings. The fraction of sp³-hybridized carbons (Fsp3) is 0.294. The molecule has 1 N–H and O–H groups in total. The van der Waals surface area contributed by atoms with E-state index in [-0.39, 0.29) is 12.3 Å². The Hall–Kier alpha value is -1.85. The minimum Gasteiger partial charge on any atom is -0.340 e. The van der Waals surface area contributed by atoms with Crippen molar-refractivity contribution in [2.24, 2.45) is 0 Å². The molecule has 0 aliphatic carbocycles. The third-order valence-corrected chi connectivity index (χ3v) is 4.26. The van der Waals surface area contributed by atoms with Gasteiger partial charge in [-0.15, -0.1) is 0 Å². The quantitative estimate of drug-likeness (QED) is 0.855. The van der Waals surface area contributed by atoms with Gasteiger partial charge in [0.1, 0.15) is 0 Å². The van der Waals surface area contributed by atoms with Gasteiger partial charge in [-0.05, 0) is 44.5 Å². The highest BCUT2D eigenvalue weighted by molar-refractivity contribution is 7.85. The maximum absolute atomic E-state index is 11.1. The van der Waals surface area contributed by atoms with E-state index >= 15 is 0 Å². The Morgan fingerprint density at radius 2 is 1.55 bits per heavy atom. The van der Waals surface area contributed by atoms with Gasteiger partial charge in [-0.25, -0.2) is 0 Å². The summed E-state index contributed by atoms with van der Waals surface area (Å²) >= 11 is 0. The molecule has 0 saturated heterocycles. The van der Waals surface area contributed by atoms with Gasteiger partial charge in [0.15, 0.2) is 0 Å². The lowest BCUT2D eigenvalue weighted by molar-refractivity contribution is 0.483. The van der Waals surface area contributed by atoms with Gasteiger partial charge < -0.3 is 4.90 Å². The zero-order valence-corrected chi connectivity index (χ0v) is 13.9. The smallest absolute Gasteiger partial charge is 0.266 e. The molecule has 2 aromatic rings. The first-order valence-electron chi connectivity index (χ1n) is 7.13. The molecule has 0 heterocycles. The maximum atomic E-state index is 11.1. The molecule has 4 nitrogen and oxygen atoms in total. The Morgan fingerprint density at radius 1 is 0.955 bits per heavy atom. The van der Waals surface area contributed by atoms with Gasteiger partial charge in [0, 0.05) is 17.9 Å². The average molecular weight is 319 g/mol. The molecule has 5 heteroatoms. The van der Waals surface area contributed by atoms with Gasteiger partial charge >= 0.3 is 0 Å². The summed E-state index contributed by atoms with van der Waals surface area (Å²) in [6.45, 7) is 6.22. The van der Waals surface area contributed by atoms with Crippen molar-refractivity contribution in [3.8, 4) is 0 Å². The number of hydrogen-bond acceptors (Lipinski definition) is 3. The van der Waals surface area contributed by atoms with E-state index in [1.165, 1.54) is 0 Å². The highest BCUT2D eigenvalue weighted by Crippen LogP contribution is 2.29. The van der Waals surface area contributed by atoms with Crippen LogP contribution in [0.15, 0.2) is 42.5 Å². The first-order chi connectivity index (χ1) is 10.3. The number of hydrogen-bond donors (Lipinski definition) is 1. The molecule has 2 rings (SSSR count). The van der Waals surface area contributed by atoms with Crippen LogP contribution in [0.1, 0.15) is 16.7 Å². The lowest BCUT2D eigenvalue weighted by Gasteiger charge is -2.26.